The molecule has 2 heterocycles. The van der Waals surface area contributed by atoms with Gasteiger partial charge in [0.2, 0.25) is 0 Å². The summed E-state index contributed by atoms with van der Waals surface area (Å²) in [7, 11) is 0. The monoisotopic (exact) mass is 361 g/mol. The summed E-state index contributed by atoms with van der Waals surface area (Å²) < 4.78 is 0.111. The largest absolute Gasteiger partial charge is 0.548 e. The van der Waals surface area contributed by atoms with E-state index in [-0.39, 0.29) is 20.7 Å². The molecule has 1 aromatic rings. The second-order valence-electron chi connectivity index (χ2n) is 5.31. The molecule has 124 valence electrons. The third kappa shape index (κ3) is 2.33. The van der Waals surface area contributed by atoms with Crippen LogP contribution in [-0.4, -0.2) is 39.6 Å². The quantitative estimate of drug-likeness (QED) is 0.584. The van der Waals surface area contributed by atoms with Gasteiger partial charge in [0.05, 0.1) is 28.2 Å². The lowest BCUT2D eigenvalue weighted by Gasteiger charge is -2.23. The number of thioether (sulfide) groups is 1. The molecule has 2 aliphatic heterocycles. The van der Waals surface area contributed by atoms with E-state index < -0.39 is 17.9 Å². The van der Waals surface area contributed by atoms with Crippen molar-refractivity contribution in [2.45, 2.75) is 19.9 Å². The maximum Gasteiger partial charge on any atom is 0.267 e. The van der Waals surface area contributed by atoms with Gasteiger partial charge < -0.3 is 14.8 Å². The van der Waals surface area contributed by atoms with Gasteiger partial charge in [-0.15, -0.1) is 0 Å². The molecule has 0 aliphatic carbocycles. The fourth-order valence-electron chi connectivity index (χ4n) is 2.78. The number of hydrogen-bond donors (Lipinski definition) is 0. The Kier molecular flexibility index (Phi) is 4.18. The first kappa shape index (κ1) is 16.7. The minimum atomic E-state index is -1.40. The molecule has 0 unspecified atom stereocenters. The Morgan fingerprint density at radius 3 is 2.58 bits per heavy atom. The standard InChI is InChI=1S/C16H14N2O4S2/c1-3-17-10-7-5-4-6-9(10)11(13(17)19)12-14(20)18(16(23)24-12)8(2)15(21)22/h4-8H,3H2,1-2H3,(H,21,22)/p-1/b12-11-/t8-/m1/s1. The van der Waals surface area contributed by atoms with Gasteiger partial charge in [-0.1, -0.05) is 42.2 Å². The van der Waals surface area contributed by atoms with Crippen LogP contribution in [0.3, 0.4) is 0 Å². The lowest BCUT2D eigenvalue weighted by Crippen LogP contribution is -2.48. The Hall–Kier alpha value is -2.19. The van der Waals surface area contributed by atoms with Gasteiger partial charge in [-0.2, -0.15) is 0 Å². The maximum absolute atomic E-state index is 12.8. The fraction of sp³-hybridized carbons (Fsp3) is 0.250. The molecule has 2 amide bonds. The first-order valence-electron chi connectivity index (χ1n) is 7.30. The highest BCUT2D eigenvalue weighted by Gasteiger charge is 2.43. The molecule has 0 aromatic heterocycles. The number of fused-ring (bicyclic) bond motifs is 1. The highest BCUT2D eigenvalue weighted by Crippen LogP contribution is 2.44. The van der Waals surface area contributed by atoms with E-state index in [9.17, 15) is 19.5 Å². The zero-order chi connectivity index (χ0) is 17.6. The van der Waals surface area contributed by atoms with Gasteiger partial charge in [-0.3, -0.25) is 14.5 Å². The number of para-hydroxylation sites is 1. The predicted octanol–water partition coefficient (Wildman–Crippen LogP) is 0.763. The molecular weight excluding hydrogens is 348 g/mol. The van der Waals surface area contributed by atoms with Crippen LogP contribution in [0, 0.1) is 0 Å². The summed E-state index contributed by atoms with van der Waals surface area (Å²) in [6.07, 6.45) is 0. The summed E-state index contributed by atoms with van der Waals surface area (Å²) in [6, 6.07) is 6.00. The molecule has 6 nitrogen and oxygen atoms in total. The average molecular weight is 361 g/mol. The Morgan fingerprint density at radius 1 is 1.29 bits per heavy atom. The number of hydrogen-bond acceptors (Lipinski definition) is 6. The van der Waals surface area contributed by atoms with Crippen molar-refractivity contribution < 1.29 is 19.5 Å². The van der Waals surface area contributed by atoms with Crippen molar-refractivity contribution >= 4 is 57.3 Å². The third-order valence-corrected chi connectivity index (χ3v) is 5.39. The van der Waals surface area contributed by atoms with Crippen molar-refractivity contribution in [3.05, 3.63) is 34.7 Å². The van der Waals surface area contributed by atoms with E-state index in [1.807, 2.05) is 19.1 Å². The van der Waals surface area contributed by atoms with E-state index in [2.05, 4.69) is 0 Å². The molecule has 8 heteroatoms. The molecule has 24 heavy (non-hydrogen) atoms. The van der Waals surface area contributed by atoms with Crippen molar-refractivity contribution in [3.8, 4) is 0 Å². The highest BCUT2D eigenvalue weighted by atomic mass is 32.2. The van der Waals surface area contributed by atoms with Crippen molar-refractivity contribution in [1.82, 2.24) is 4.90 Å². The minimum Gasteiger partial charge on any atom is -0.548 e. The van der Waals surface area contributed by atoms with Crippen LogP contribution < -0.4 is 10.0 Å². The van der Waals surface area contributed by atoms with Crippen LogP contribution in [0.5, 0.6) is 0 Å². The second-order valence-corrected chi connectivity index (χ2v) is 6.95. The Balaban J connectivity index is 2.14. The van der Waals surface area contributed by atoms with Gasteiger partial charge in [0.15, 0.2) is 0 Å². The van der Waals surface area contributed by atoms with Gasteiger partial charge in [0, 0.05) is 12.1 Å². The van der Waals surface area contributed by atoms with E-state index >= 15 is 0 Å². The number of nitrogens with zero attached hydrogens (tertiary/aromatic N) is 2. The van der Waals surface area contributed by atoms with Crippen LogP contribution in [0.25, 0.3) is 5.57 Å². The SMILES string of the molecule is CCN1C(=O)/C(=C2\SC(=S)N([C@H](C)C(=O)[O-])C2=O)c2ccccc21. The van der Waals surface area contributed by atoms with Crippen molar-refractivity contribution in [3.63, 3.8) is 0 Å². The lowest BCUT2D eigenvalue weighted by atomic mass is 10.1. The van der Waals surface area contributed by atoms with Crippen LogP contribution in [0.1, 0.15) is 19.4 Å². The topological polar surface area (TPSA) is 80.8 Å². The first-order valence-corrected chi connectivity index (χ1v) is 8.52. The van der Waals surface area contributed by atoms with Gasteiger partial charge in [0.25, 0.3) is 11.8 Å². The molecule has 2 aliphatic rings. The van der Waals surface area contributed by atoms with E-state index in [1.54, 1.807) is 17.0 Å². The number of rotatable bonds is 3. The molecule has 0 N–H and O–H groups in total. The molecule has 1 fully saturated rings. The number of benzene rings is 1. The number of carbonyl (C=O) groups is 3. The highest BCUT2D eigenvalue weighted by molar-refractivity contribution is 8.26. The summed E-state index contributed by atoms with van der Waals surface area (Å²) in [4.78, 5) is 39.3. The number of amides is 2. The average Bonchev–Trinajstić information content (AvgIpc) is 2.99. The number of thiocarbonyl (C=S) groups is 1. The number of anilines is 1. The molecule has 1 saturated heterocycles. The summed E-state index contributed by atoms with van der Waals surface area (Å²) in [6.45, 7) is 3.65. The first-order chi connectivity index (χ1) is 11.4. The summed E-state index contributed by atoms with van der Waals surface area (Å²) in [5.41, 5.74) is 1.67. The molecule has 0 radical (unpaired) electrons. The number of carboxylic acids is 1. The van der Waals surface area contributed by atoms with Crippen molar-refractivity contribution in [2.24, 2.45) is 0 Å². The number of likely N-dealkylation sites (N-methyl/N-ethyl adjacent to an activating group) is 1. The van der Waals surface area contributed by atoms with Crippen molar-refractivity contribution in [2.75, 3.05) is 11.4 Å². The molecule has 0 saturated carbocycles. The third-order valence-electron chi connectivity index (χ3n) is 3.99. The Bertz CT molecular complexity index is 818. The van der Waals surface area contributed by atoms with Crippen LogP contribution >= 0.6 is 24.0 Å². The maximum atomic E-state index is 12.8. The van der Waals surface area contributed by atoms with Gasteiger partial charge in [-0.25, -0.2) is 0 Å². The summed E-state index contributed by atoms with van der Waals surface area (Å²) in [5.74, 6) is -2.25. The Morgan fingerprint density at radius 2 is 1.96 bits per heavy atom. The van der Waals surface area contributed by atoms with E-state index in [0.29, 0.717) is 12.1 Å². The summed E-state index contributed by atoms with van der Waals surface area (Å²) in [5, 5.41) is 11.1. The number of aliphatic carboxylic acids is 1. The zero-order valence-corrected chi connectivity index (χ0v) is 14.6. The minimum absolute atomic E-state index is 0.111. The number of carbonyl (C=O) groups excluding carboxylic acids is 3. The number of carboxylic acid groups (broad SMARTS) is 1. The van der Waals surface area contributed by atoms with E-state index in [4.69, 9.17) is 12.2 Å². The molecule has 3 rings (SSSR count). The van der Waals surface area contributed by atoms with Crippen LogP contribution in [0.4, 0.5) is 5.69 Å². The molecule has 0 bridgehead atoms. The Labute approximate surface area is 148 Å². The van der Waals surface area contributed by atoms with Gasteiger partial charge >= 0.3 is 0 Å². The predicted molar refractivity (Wildman–Crippen MR) is 92.9 cm³/mol. The normalized spacial score (nSPS) is 21.5. The summed E-state index contributed by atoms with van der Waals surface area (Å²) >= 11 is 6.09. The fourth-order valence-corrected chi connectivity index (χ4v) is 4.27. The van der Waals surface area contributed by atoms with Crippen LogP contribution in [0.15, 0.2) is 29.2 Å². The smallest absolute Gasteiger partial charge is 0.267 e. The van der Waals surface area contributed by atoms with E-state index in [1.165, 1.54) is 6.92 Å². The molecule has 1 atom stereocenters. The second kappa shape index (κ2) is 6.03. The van der Waals surface area contributed by atoms with Crippen LogP contribution in [-0.2, 0) is 14.4 Å². The van der Waals surface area contributed by atoms with Crippen molar-refractivity contribution in [1.29, 1.82) is 0 Å². The van der Waals surface area contributed by atoms with Gasteiger partial charge in [-0.05, 0) is 19.9 Å². The van der Waals surface area contributed by atoms with Crippen LogP contribution in [0.2, 0.25) is 0 Å². The van der Waals surface area contributed by atoms with E-state index in [0.717, 1.165) is 22.3 Å². The molecule has 0 spiro atoms. The zero-order valence-electron chi connectivity index (χ0n) is 12.9. The van der Waals surface area contributed by atoms with Gasteiger partial charge in [0.1, 0.15) is 4.32 Å². The lowest BCUT2D eigenvalue weighted by molar-refractivity contribution is -0.309. The molecule has 1 aromatic carbocycles. The molecular formula is C16H13N2O4S2-.